The summed E-state index contributed by atoms with van der Waals surface area (Å²) in [6.07, 6.45) is 2.88. The second kappa shape index (κ2) is 5.98. The van der Waals surface area contributed by atoms with Gasteiger partial charge < -0.3 is 15.2 Å². The number of benzene rings is 1. The van der Waals surface area contributed by atoms with Crippen LogP contribution in [0.3, 0.4) is 0 Å². The standard InChI is InChI=1S/C13H10Cl2N2O3/c1-20-11-6-16-3-2-8(11)13(19)17-10-5-7(14)4-9(15)12(10)18/h2-6,18H,1H3,(H,17,19). The zero-order valence-electron chi connectivity index (χ0n) is 10.4. The van der Waals surface area contributed by atoms with Gasteiger partial charge in [-0.05, 0) is 18.2 Å². The Kier molecular flexibility index (Phi) is 4.32. The number of ether oxygens (including phenoxy) is 1. The first-order valence-corrected chi connectivity index (χ1v) is 6.26. The lowest BCUT2D eigenvalue weighted by molar-refractivity contribution is 0.102. The number of phenolic OH excluding ortho intramolecular Hbond substituents is 1. The average molecular weight is 313 g/mol. The maximum atomic E-state index is 12.2. The minimum atomic E-state index is -0.474. The third-order valence-corrected chi connectivity index (χ3v) is 3.03. The van der Waals surface area contributed by atoms with Crippen LogP contribution in [-0.4, -0.2) is 23.1 Å². The summed E-state index contributed by atoms with van der Waals surface area (Å²) in [5, 5.41) is 12.7. The first kappa shape index (κ1) is 14.4. The molecule has 5 nitrogen and oxygen atoms in total. The van der Waals surface area contributed by atoms with Crippen LogP contribution in [0.4, 0.5) is 5.69 Å². The molecule has 7 heteroatoms. The van der Waals surface area contributed by atoms with Crippen molar-refractivity contribution in [1.82, 2.24) is 4.98 Å². The summed E-state index contributed by atoms with van der Waals surface area (Å²) in [7, 11) is 1.43. The number of rotatable bonds is 3. The minimum Gasteiger partial charge on any atom is -0.504 e. The van der Waals surface area contributed by atoms with E-state index in [0.29, 0.717) is 10.8 Å². The summed E-state index contributed by atoms with van der Waals surface area (Å²) in [5.41, 5.74) is 0.393. The van der Waals surface area contributed by atoms with E-state index in [9.17, 15) is 9.90 Å². The van der Waals surface area contributed by atoms with Gasteiger partial charge in [-0.2, -0.15) is 0 Å². The molecule has 2 rings (SSSR count). The molecule has 0 aliphatic carbocycles. The fraction of sp³-hybridized carbons (Fsp3) is 0.0769. The van der Waals surface area contributed by atoms with Crippen molar-refractivity contribution in [2.24, 2.45) is 0 Å². The van der Waals surface area contributed by atoms with Gasteiger partial charge in [-0.25, -0.2) is 0 Å². The smallest absolute Gasteiger partial charge is 0.259 e. The number of halogens is 2. The van der Waals surface area contributed by atoms with Gasteiger partial charge in [0, 0.05) is 11.2 Å². The predicted molar refractivity (Wildman–Crippen MR) is 76.9 cm³/mol. The number of carbonyl (C=O) groups is 1. The fourth-order valence-electron chi connectivity index (χ4n) is 1.58. The molecule has 2 aromatic rings. The fourth-order valence-corrected chi connectivity index (χ4v) is 2.07. The molecule has 0 spiro atoms. The lowest BCUT2D eigenvalue weighted by Gasteiger charge is -2.11. The van der Waals surface area contributed by atoms with Crippen LogP contribution in [0.2, 0.25) is 10.0 Å². The number of aromatic hydroxyl groups is 1. The SMILES string of the molecule is COc1cnccc1C(=O)Nc1cc(Cl)cc(Cl)c1O. The molecule has 20 heavy (non-hydrogen) atoms. The van der Waals surface area contributed by atoms with Crippen LogP contribution in [0.1, 0.15) is 10.4 Å². The van der Waals surface area contributed by atoms with Gasteiger partial charge in [-0.3, -0.25) is 9.78 Å². The Bertz CT molecular complexity index is 662. The van der Waals surface area contributed by atoms with Crippen molar-refractivity contribution in [3.63, 3.8) is 0 Å². The number of methoxy groups -OCH3 is 1. The summed E-state index contributed by atoms with van der Waals surface area (Å²) >= 11 is 11.6. The van der Waals surface area contributed by atoms with E-state index in [4.69, 9.17) is 27.9 Å². The number of phenols is 1. The number of anilines is 1. The van der Waals surface area contributed by atoms with E-state index in [1.807, 2.05) is 0 Å². The van der Waals surface area contributed by atoms with Crippen molar-refractivity contribution in [1.29, 1.82) is 0 Å². The summed E-state index contributed by atoms with van der Waals surface area (Å²) < 4.78 is 5.04. The number of nitrogens with one attached hydrogen (secondary N) is 1. The molecule has 1 aromatic carbocycles. The van der Waals surface area contributed by atoms with Crippen LogP contribution in [0, 0.1) is 0 Å². The van der Waals surface area contributed by atoms with E-state index in [1.54, 1.807) is 0 Å². The quantitative estimate of drug-likeness (QED) is 0.852. The predicted octanol–water partition coefficient (Wildman–Crippen LogP) is 3.35. The molecule has 0 unspecified atom stereocenters. The summed E-state index contributed by atoms with van der Waals surface area (Å²) in [6, 6.07) is 4.27. The molecule has 1 aromatic heterocycles. The van der Waals surface area contributed by atoms with Gasteiger partial charge in [0.05, 0.1) is 29.6 Å². The van der Waals surface area contributed by atoms with Crippen molar-refractivity contribution < 1.29 is 14.6 Å². The average Bonchev–Trinajstić information content (AvgIpc) is 2.44. The molecular weight excluding hydrogens is 303 g/mol. The van der Waals surface area contributed by atoms with Crippen molar-refractivity contribution in [2.45, 2.75) is 0 Å². The molecule has 0 aliphatic heterocycles. The molecular formula is C13H10Cl2N2O3. The maximum absolute atomic E-state index is 12.2. The molecule has 104 valence electrons. The first-order valence-electron chi connectivity index (χ1n) is 5.50. The molecule has 0 saturated heterocycles. The Labute approximate surface area is 125 Å². The monoisotopic (exact) mass is 312 g/mol. The highest BCUT2D eigenvalue weighted by atomic mass is 35.5. The third kappa shape index (κ3) is 2.95. The highest BCUT2D eigenvalue weighted by Crippen LogP contribution is 2.35. The molecule has 0 fully saturated rings. The topological polar surface area (TPSA) is 71.5 Å². The van der Waals surface area contributed by atoms with Crippen molar-refractivity contribution in [3.8, 4) is 11.5 Å². The Morgan fingerprint density at radius 1 is 1.40 bits per heavy atom. The molecule has 2 N–H and O–H groups in total. The molecule has 1 amide bonds. The van der Waals surface area contributed by atoms with Crippen molar-refractivity contribution >= 4 is 34.8 Å². The summed E-state index contributed by atoms with van der Waals surface area (Å²) in [6.45, 7) is 0. The van der Waals surface area contributed by atoms with E-state index in [1.165, 1.54) is 37.7 Å². The maximum Gasteiger partial charge on any atom is 0.259 e. The van der Waals surface area contributed by atoms with Crippen LogP contribution >= 0.6 is 23.2 Å². The lowest BCUT2D eigenvalue weighted by Crippen LogP contribution is -2.13. The van der Waals surface area contributed by atoms with Crippen LogP contribution in [0.5, 0.6) is 11.5 Å². The number of hydrogen-bond acceptors (Lipinski definition) is 4. The zero-order chi connectivity index (χ0) is 14.7. The second-order valence-electron chi connectivity index (χ2n) is 3.81. The molecule has 0 saturated carbocycles. The minimum absolute atomic E-state index is 0.0505. The van der Waals surface area contributed by atoms with E-state index < -0.39 is 5.91 Å². The van der Waals surface area contributed by atoms with Crippen LogP contribution in [0.25, 0.3) is 0 Å². The lowest BCUT2D eigenvalue weighted by atomic mass is 10.2. The van der Waals surface area contributed by atoms with Gasteiger partial charge in [0.25, 0.3) is 5.91 Å². The first-order chi connectivity index (χ1) is 9.52. The Hall–Kier alpha value is -1.98. The van der Waals surface area contributed by atoms with Crippen LogP contribution < -0.4 is 10.1 Å². The largest absolute Gasteiger partial charge is 0.504 e. The number of amides is 1. The normalized spacial score (nSPS) is 10.2. The molecule has 0 bridgehead atoms. The van der Waals surface area contributed by atoms with Crippen molar-refractivity contribution in [3.05, 3.63) is 46.2 Å². The van der Waals surface area contributed by atoms with Crippen LogP contribution in [-0.2, 0) is 0 Å². The molecule has 0 aliphatic rings. The van der Waals surface area contributed by atoms with Gasteiger partial charge in [0.1, 0.15) is 5.75 Å². The number of pyridine rings is 1. The Morgan fingerprint density at radius 3 is 2.85 bits per heavy atom. The van der Waals surface area contributed by atoms with Gasteiger partial charge in [-0.15, -0.1) is 0 Å². The zero-order valence-corrected chi connectivity index (χ0v) is 11.9. The number of nitrogens with zero attached hydrogens (tertiary/aromatic N) is 1. The summed E-state index contributed by atoms with van der Waals surface area (Å²) in [5.74, 6) is -0.409. The van der Waals surface area contributed by atoms with Crippen molar-refractivity contribution in [2.75, 3.05) is 12.4 Å². The highest BCUT2D eigenvalue weighted by molar-refractivity contribution is 6.36. The Morgan fingerprint density at radius 2 is 2.15 bits per heavy atom. The van der Waals surface area contributed by atoms with E-state index in [0.717, 1.165) is 0 Å². The number of hydrogen-bond donors (Lipinski definition) is 2. The number of aromatic nitrogens is 1. The second-order valence-corrected chi connectivity index (χ2v) is 4.66. The van der Waals surface area contributed by atoms with Gasteiger partial charge >= 0.3 is 0 Å². The van der Waals surface area contributed by atoms with E-state index in [-0.39, 0.29) is 22.0 Å². The molecule has 1 heterocycles. The molecule has 0 radical (unpaired) electrons. The molecule has 0 atom stereocenters. The Balaban J connectivity index is 2.33. The van der Waals surface area contributed by atoms with Gasteiger partial charge in [0.2, 0.25) is 0 Å². The summed E-state index contributed by atoms with van der Waals surface area (Å²) in [4.78, 5) is 16.0. The van der Waals surface area contributed by atoms with Gasteiger partial charge in [0.15, 0.2) is 5.75 Å². The highest BCUT2D eigenvalue weighted by Gasteiger charge is 2.15. The van der Waals surface area contributed by atoms with Crippen LogP contribution in [0.15, 0.2) is 30.6 Å². The van der Waals surface area contributed by atoms with Gasteiger partial charge in [-0.1, -0.05) is 23.2 Å². The third-order valence-electron chi connectivity index (χ3n) is 2.53. The van der Waals surface area contributed by atoms with E-state index >= 15 is 0 Å². The van der Waals surface area contributed by atoms with E-state index in [2.05, 4.69) is 10.3 Å². The number of carbonyl (C=O) groups excluding carboxylic acids is 1.